The maximum atomic E-state index is 12.3. The van der Waals surface area contributed by atoms with Gasteiger partial charge in [-0.05, 0) is 6.92 Å². The molecule has 2 aromatic carbocycles. The van der Waals surface area contributed by atoms with Crippen molar-refractivity contribution in [3.05, 3.63) is 71.3 Å². The van der Waals surface area contributed by atoms with Gasteiger partial charge in [-0.25, -0.2) is 4.99 Å². The number of carbonyl (C=O) groups is 1. The van der Waals surface area contributed by atoms with E-state index in [9.17, 15) is 4.79 Å². The molecule has 3 rings (SSSR count). The highest BCUT2D eigenvalue weighted by atomic mass is 16.5. The van der Waals surface area contributed by atoms with Crippen molar-refractivity contribution in [1.29, 1.82) is 0 Å². The van der Waals surface area contributed by atoms with Crippen LogP contribution in [0.2, 0.25) is 0 Å². The Labute approximate surface area is 123 Å². The Bertz CT molecular complexity index is 692. The average Bonchev–Trinajstić information content (AvgIpc) is 2.87. The standard InChI is InChI=1S/C17H16N2O2/c1-12-8-10-14(11-9-12)17(21-2)18-15(16(20)19-17)13-6-4-3-5-7-13/h3-11H,1-2H3,(H,19,20). The molecule has 0 saturated heterocycles. The summed E-state index contributed by atoms with van der Waals surface area (Å²) in [4.78, 5) is 16.8. The van der Waals surface area contributed by atoms with E-state index in [-0.39, 0.29) is 5.91 Å². The summed E-state index contributed by atoms with van der Waals surface area (Å²) >= 11 is 0. The van der Waals surface area contributed by atoms with Crippen LogP contribution in [-0.4, -0.2) is 18.7 Å². The van der Waals surface area contributed by atoms with Crippen molar-refractivity contribution in [3.63, 3.8) is 0 Å². The van der Waals surface area contributed by atoms with Gasteiger partial charge in [0.1, 0.15) is 5.71 Å². The molecule has 1 atom stereocenters. The summed E-state index contributed by atoms with van der Waals surface area (Å²) in [6.07, 6.45) is 0. The average molecular weight is 280 g/mol. The van der Waals surface area contributed by atoms with E-state index in [0.29, 0.717) is 5.71 Å². The molecule has 0 radical (unpaired) electrons. The van der Waals surface area contributed by atoms with Gasteiger partial charge < -0.3 is 4.74 Å². The van der Waals surface area contributed by atoms with E-state index < -0.39 is 5.85 Å². The molecule has 4 nitrogen and oxygen atoms in total. The lowest BCUT2D eigenvalue weighted by atomic mass is 10.1. The first-order valence-corrected chi connectivity index (χ1v) is 6.75. The van der Waals surface area contributed by atoms with Crippen LogP contribution in [0.1, 0.15) is 16.7 Å². The van der Waals surface area contributed by atoms with E-state index in [4.69, 9.17) is 4.74 Å². The zero-order valence-corrected chi connectivity index (χ0v) is 12.0. The van der Waals surface area contributed by atoms with Gasteiger partial charge in [0.2, 0.25) is 0 Å². The van der Waals surface area contributed by atoms with Gasteiger partial charge in [0.05, 0.1) is 0 Å². The minimum absolute atomic E-state index is 0.233. The number of hydrogen-bond donors (Lipinski definition) is 1. The number of nitrogens with zero attached hydrogens (tertiary/aromatic N) is 1. The Morgan fingerprint density at radius 2 is 1.71 bits per heavy atom. The number of carbonyl (C=O) groups excluding carboxylic acids is 1. The summed E-state index contributed by atoms with van der Waals surface area (Å²) in [5.74, 6) is -1.38. The molecule has 4 heteroatoms. The highest BCUT2D eigenvalue weighted by Gasteiger charge is 2.41. The Kier molecular flexibility index (Phi) is 3.31. The SMILES string of the molecule is COC1(c2ccc(C)cc2)N=C(c2ccccc2)C(=O)N1. The van der Waals surface area contributed by atoms with Gasteiger partial charge in [-0.3, -0.25) is 10.1 Å². The number of methoxy groups -OCH3 is 1. The lowest BCUT2D eigenvalue weighted by Gasteiger charge is -2.24. The van der Waals surface area contributed by atoms with E-state index in [1.807, 2.05) is 61.5 Å². The lowest BCUT2D eigenvalue weighted by molar-refractivity contribution is -0.121. The second-order valence-electron chi connectivity index (χ2n) is 4.99. The first-order chi connectivity index (χ1) is 10.1. The van der Waals surface area contributed by atoms with Crippen molar-refractivity contribution in [2.45, 2.75) is 12.8 Å². The summed E-state index contributed by atoms with van der Waals surface area (Å²) < 4.78 is 5.53. The van der Waals surface area contributed by atoms with Gasteiger partial charge >= 0.3 is 0 Å². The highest BCUT2D eigenvalue weighted by Crippen LogP contribution is 2.29. The van der Waals surface area contributed by atoms with Crippen molar-refractivity contribution >= 4 is 11.6 Å². The van der Waals surface area contributed by atoms with Gasteiger partial charge in [0.25, 0.3) is 11.8 Å². The van der Waals surface area contributed by atoms with Crippen LogP contribution >= 0.6 is 0 Å². The normalized spacial score (nSPS) is 21.0. The van der Waals surface area contributed by atoms with E-state index >= 15 is 0 Å². The predicted octanol–water partition coefficient (Wildman–Crippen LogP) is 2.37. The van der Waals surface area contributed by atoms with Crippen LogP contribution in [0.25, 0.3) is 0 Å². The second-order valence-corrected chi connectivity index (χ2v) is 4.99. The molecule has 21 heavy (non-hydrogen) atoms. The van der Waals surface area contributed by atoms with Gasteiger partial charge in [0.15, 0.2) is 0 Å². The number of amides is 1. The summed E-state index contributed by atoms with van der Waals surface area (Å²) in [6, 6.07) is 17.1. The predicted molar refractivity (Wildman–Crippen MR) is 81.0 cm³/mol. The Balaban J connectivity index is 2.07. The van der Waals surface area contributed by atoms with Crippen LogP contribution < -0.4 is 5.32 Å². The molecular weight excluding hydrogens is 264 g/mol. The molecule has 1 aliphatic heterocycles. The number of aliphatic imine (C=N–C) groups is 1. The summed E-state index contributed by atoms with van der Waals surface area (Å²) in [5, 5.41) is 2.84. The van der Waals surface area contributed by atoms with E-state index in [2.05, 4.69) is 10.3 Å². The minimum atomic E-state index is -1.14. The fourth-order valence-electron chi connectivity index (χ4n) is 2.37. The van der Waals surface area contributed by atoms with Crippen LogP contribution in [0.15, 0.2) is 59.6 Å². The van der Waals surface area contributed by atoms with Crippen LogP contribution in [0, 0.1) is 6.92 Å². The number of rotatable bonds is 3. The molecule has 1 heterocycles. The number of benzene rings is 2. The molecule has 2 aromatic rings. The van der Waals surface area contributed by atoms with Crippen molar-refractivity contribution in [2.24, 2.45) is 4.99 Å². The Hall–Kier alpha value is -2.46. The van der Waals surface area contributed by atoms with Gasteiger partial charge in [-0.1, -0.05) is 60.2 Å². The zero-order chi connectivity index (χ0) is 14.9. The Morgan fingerprint density at radius 1 is 1.05 bits per heavy atom. The first kappa shape index (κ1) is 13.5. The molecule has 1 N–H and O–H groups in total. The van der Waals surface area contributed by atoms with Gasteiger partial charge in [-0.15, -0.1) is 0 Å². The van der Waals surface area contributed by atoms with Crippen molar-refractivity contribution in [3.8, 4) is 0 Å². The minimum Gasteiger partial charge on any atom is -0.336 e. The highest BCUT2D eigenvalue weighted by molar-refractivity contribution is 6.46. The monoisotopic (exact) mass is 280 g/mol. The van der Waals surface area contributed by atoms with Gasteiger partial charge in [-0.2, -0.15) is 0 Å². The summed E-state index contributed by atoms with van der Waals surface area (Å²) in [5.41, 5.74) is 3.11. The van der Waals surface area contributed by atoms with Crippen LogP contribution in [0.5, 0.6) is 0 Å². The molecule has 0 aromatic heterocycles. The molecular formula is C17H16N2O2. The maximum absolute atomic E-state index is 12.3. The van der Waals surface area contributed by atoms with Gasteiger partial charge in [0, 0.05) is 18.2 Å². The number of aryl methyl sites for hydroxylation is 1. The smallest absolute Gasteiger partial charge is 0.274 e. The second kappa shape index (κ2) is 5.14. The molecule has 1 unspecified atom stereocenters. The van der Waals surface area contributed by atoms with Crippen molar-refractivity contribution in [2.75, 3.05) is 7.11 Å². The van der Waals surface area contributed by atoms with E-state index in [1.165, 1.54) is 7.11 Å². The maximum Gasteiger partial charge on any atom is 0.274 e. The lowest BCUT2D eigenvalue weighted by Crippen LogP contribution is -2.41. The van der Waals surface area contributed by atoms with Crippen LogP contribution in [0.3, 0.4) is 0 Å². The largest absolute Gasteiger partial charge is 0.336 e. The van der Waals surface area contributed by atoms with Crippen LogP contribution in [-0.2, 0) is 15.4 Å². The number of nitrogens with one attached hydrogen (secondary N) is 1. The molecule has 0 spiro atoms. The van der Waals surface area contributed by atoms with E-state index in [0.717, 1.165) is 16.7 Å². The molecule has 0 fully saturated rings. The first-order valence-electron chi connectivity index (χ1n) is 6.75. The molecule has 106 valence electrons. The summed E-state index contributed by atoms with van der Waals surface area (Å²) in [7, 11) is 1.54. The third-order valence-corrected chi connectivity index (χ3v) is 3.55. The summed E-state index contributed by atoms with van der Waals surface area (Å²) in [6.45, 7) is 2.01. The number of ether oxygens (including phenoxy) is 1. The molecule has 1 aliphatic rings. The third kappa shape index (κ3) is 2.34. The van der Waals surface area contributed by atoms with Crippen LogP contribution in [0.4, 0.5) is 0 Å². The molecule has 0 saturated carbocycles. The zero-order valence-electron chi connectivity index (χ0n) is 12.0. The topological polar surface area (TPSA) is 50.7 Å². The quantitative estimate of drug-likeness (QED) is 0.938. The van der Waals surface area contributed by atoms with Crippen molar-refractivity contribution < 1.29 is 9.53 Å². The fourth-order valence-corrected chi connectivity index (χ4v) is 2.37. The van der Waals surface area contributed by atoms with E-state index in [1.54, 1.807) is 0 Å². The molecule has 0 aliphatic carbocycles. The number of hydrogen-bond acceptors (Lipinski definition) is 3. The fraction of sp³-hybridized carbons (Fsp3) is 0.176. The third-order valence-electron chi connectivity index (χ3n) is 3.55. The van der Waals surface area contributed by atoms with Crippen molar-refractivity contribution in [1.82, 2.24) is 5.32 Å². The molecule has 1 amide bonds. The Morgan fingerprint density at radius 3 is 2.33 bits per heavy atom. The molecule has 0 bridgehead atoms.